The van der Waals surface area contributed by atoms with Gasteiger partial charge < -0.3 is 10.2 Å². The predicted octanol–water partition coefficient (Wildman–Crippen LogP) is 3.13. The van der Waals surface area contributed by atoms with E-state index in [1.165, 1.54) is 4.90 Å². The summed E-state index contributed by atoms with van der Waals surface area (Å²) in [7, 11) is 0. The van der Waals surface area contributed by atoms with Crippen molar-refractivity contribution in [1.29, 1.82) is 0 Å². The van der Waals surface area contributed by atoms with E-state index in [1.54, 1.807) is 23.5 Å². The Morgan fingerprint density at radius 3 is 2.64 bits per heavy atom. The predicted molar refractivity (Wildman–Crippen MR) is 95.4 cm³/mol. The largest absolute Gasteiger partial charge is 0.332 e. The van der Waals surface area contributed by atoms with Crippen LogP contribution in [0.15, 0.2) is 12.1 Å². The maximum absolute atomic E-state index is 13.6. The van der Waals surface area contributed by atoms with Crippen LogP contribution in [0.25, 0.3) is 0 Å². The minimum Gasteiger partial charge on any atom is -0.332 e. The molecule has 25 heavy (non-hydrogen) atoms. The van der Waals surface area contributed by atoms with Crippen LogP contribution in [0.3, 0.4) is 0 Å². The van der Waals surface area contributed by atoms with Crippen molar-refractivity contribution in [2.75, 3.05) is 35.7 Å². The van der Waals surface area contributed by atoms with E-state index in [0.29, 0.717) is 18.7 Å². The van der Waals surface area contributed by atoms with Crippen molar-refractivity contribution in [2.45, 2.75) is 18.6 Å². The molecule has 138 valence electrons. The molecule has 4 nitrogen and oxygen atoms in total. The molecule has 0 aromatic heterocycles. The zero-order valence-electron chi connectivity index (χ0n) is 13.7. The first-order valence-electron chi connectivity index (χ1n) is 7.85. The van der Waals surface area contributed by atoms with Gasteiger partial charge >= 0.3 is 0 Å². The number of hydrogen-bond donors (Lipinski definition) is 1. The maximum atomic E-state index is 13.6. The standard InChI is InChI=1S/C16H19F3N2O2S2/c1-2-5-21(16(23)12-9-24-6-7-25-12)8-13(22)20-11-4-3-10(17)14(18)15(11)19/h3-4,12H,2,5-9H2,1H3,(H,20,22). The summed E-state index contributed by atoms with van der Waals surface area (Å²) >= 11 is 3.27. The quantitative estimate of drug-likeness (QED) is 0.756. The van der Waals surface area contributed by atoms with Gasteiger partial charge in [0, 0.05) is 23.8 Å². The van der Waals surface area contributed by atoms with Crippen LogP contribution in [0, 0.1) is 17.5 Å². The highest BCUT2D eigenvalue weighted by atomic mass is 32.2. The van der Waals surface area contributed by atoms with Gasteiger partial charge in [0.15, 0.2) is 17.5 Å². The number of benzene rings is 1. The molecule has 1 aromatic rings. The van der Waals surface area contributed by atoms with E-state index in [4.69, 9.17) is 0 Å². The van der Waals surface area contributed by atoms with Gasteiger partial charge in [0.2, 0.25) is 11.8 Å². The molecule has 1 unspecified atom stereocenters. The maximum Gasteiger partial charge on any atom is 0.244 e. The van der Waals surface area contributed by atoms with Crippen LogP contribution < -0.4 is 5.32 Å². The zero-order valence-corrected chi connectivity index (χ0v) is 15.3. The average Bonchev–Trinajstić information content (AvgIpc) is 2.62. The lowest BCUT2D eigenvalue weighted by Crippen LogP contribution is -2.44. The lowest BCUT2D eigenvalue weighted by molar-refractivity contribution is -0.133. The second-order valence-corrected chi connectivity index (χ2v) is 7.93. The number of nitrogens with one attached hydrogen (secondary N) is 1. The number of hydrogen-bond acceptors (Lipinski definition) is 4. The van der Waals surface area contributed by atoms with Crippen LogP contribution in [0.4, 0.5) is 18.9 Å². The average molecular weight is 392 g/mol. The van der Waals surface area contributed by atoms with Crippen molar-refractivity contribution in [1.82, 2.24) is 4.90 Å². The number of halogens is 3. The molecule has 9 heteroatoms. The molecule has 0 spiro atoms. The van der Waals surface area contributed by atoms with E-state index in [0.717, 1.165) is 23.6 Å². The van der Waals surface area contributed by atoms with Gasteiger partial charge in [0.25, 0.3) is 0 Å². The number of thioether (sulfide) groups is 2. The van der Waals surface area contributed by atoms with Crippen molar-refractivity contribution in [3.8, 4) is 0 Å². The smallest absolute Gasteiger partial charge is 0.244 e. The Hall–Kier alpha value is -1.35. The fraction of sp³-hybridized carbons (Fsp3) is 0.500. The number of carbonyl (C=O) groups is 2. The van der Waals surface area contributed by atoms with Crippen LogP contribution in [-0.4, -0.2) is 52.3 Å². The molecule has 0 saturated carbocycles. The van der Waals surface area contributed by atoms with E-state index >= 15 is 0 Å². The van der Waals surface area contributed by atoms with Gasteiger partial charge in [-0.1, -0.05) is 6.92 Å². The number of nitrogens with zero attached hydrogens (tertiary/aromatic N) is 1. The Morgan fingerprint density at radius 2 is 2.00 bits per heavy atom. The molecule has 2 rings (SSSR count). The highest BCUT2D eigenvalue weighted by Crippen LogP contribution is 2.26. The molecule has 0 aliphatic carbocycles. The van der Waals surface area contributed by atoms with Crippen LogP contribution in [0.2, 0.25) is 0 Å². The number of carbonyl (C=O) groups excluding carboxylic acids is 2. The molecule has 0 radical (unpaired) electrons. The first-order valence-corrected chi connectivity index (χ1v) is 10.1. The van der Waals surface area contributed by atoms with Crippen molar-refractivity contribution >= 4 is 41.0 Å². The van der Waals surface area contributed by atoms with Crippen LogP contribution in [0.5, 0.6) is 0 Å². The molecule has 0 bridgehead atoms. The number of amides is 2. The Bertz CT molecular complexity index is 640. The topological polar surface area (TPSA) is 49.4 Å². The molecule has 1 atom stereocenters. The summed E-state index contributed by atoms with van der Waals surface area (Å²) in [6, 6.07) is 1.68. The summed E-state index contributed by atoms with van der Waals surface area (Å²) in [5, 5.41) is 2.00. The summed E-state index contributed by atoms with van der Waals surface area (Å²) in [4.78, 5) is 26.1. The summed E-state index contributed by atoms with van der Waals surface area (Å²) in [6.07, 6.45) is 0.670. The second kappa shape index (κ2) is 9.38. The van der Waals surface area contributed by atoms with E-state index in [9.17, 15) is 22.8 Å². The van der Waals surface area contributed by atoms with E-state index < -0.39 is 29.0 Å². The first-order chi connectivity index (χ1) is 11.9. The molecular weight excluding hydrogens is 373 g/mol. The highest BCUT2D eigenvalue weighted by Gasteiger charge is 2.28. The van der Waals surface area contributed by atoms with Crippen LogP contribution >= 0.6 is 23.5 Å². The van der Waals surface area contributed by atoms with Crippen LogP contribution in [-0.2, 0) is 9.59 Å². The number of rotatable bonds is 6. The number of anilines is 1. The van der Waals surface area contributed by atoms with Crippen LogP contribution in [0.1, 0.15) is 13.3 Å². The van der Waals surface area contributed by atoms with Gasteiger partial charge in [0.05, 0.1) is 17.5 Å². The lowest BCUT2D eigenvalue weighted by atomic mass is 10.2. The third kappa shape index (κ3) is 5.31. The molecule has 1 aliphatic heterocycles. The second-order valence-electron chi connectivity index (χ2n) is 5.47. The van der Waals surface area contributed by atoms with Gasteiger partial charge in [-0.05, 0) is 18.6 Å². The molecule has 1 saturated heterocycles. The molecule has 1 aromatic carbocycles. The van der Waals surface area contributed by atoms with Gasteiger partial charge in [-0.3, -0.25) is 9.59 Å². The van der Waals surface area contributed by atoms with E-state index in [-0.39, 0.29) is 17.7 Å². The molecule has 1 aliphatic rings. The lowest BCUT2D eigenvalue weighted by Gasteiger charge is -2.28. The van der Waals surface area contributed by atoms with Gasteiger partial charge in [-0.25, -0.2) is 13.2 Å². The van der Waals surface area contributed by atoms with E-state index in [1.807, 2.05) is 6.92 Å². The van der Waals surface area contributed by atoms with Gasteiger partial charge in [0.1, 0.15) is 0 Å². The molecular formula is C16H19F3N2O2S2. The zero-order chi connectivity index (χ0) is 18.4. The van der Waals surface area contributed by atoms with E-state index in [2.05, 4.69) is 5.32 Å². The Balaban J connectivity index is 2.02. The van der Waals surface area contributed by atoms with Gasteiger partial charge in [-0.2, -0.15) is 11.8 Å². The Kier molecular flexibility index (Phi) is 7.49. The highest BCUT2D eigenvalue weighted by molar-refractivity contribution is 8.07. The van der Waals surface area contributed by atoms with Crippen molar-refractivity contribution in [3.63, 3.8) is 0 Å². The minimum absolute atomic E-state index is 0.125. The summed E-state index contributed by atoms with van der Waals surface area (Å²) < 4.78 is 39.8. The fourth-order valence-electron chi connectivity index (χ4n) is 2.36. The first kappa shape index (κ1) is 20.0. The monoisotopic (exact) mass is 392 g/mol. The summed E-state index contributed by atoms with van der Waals surface area (Å²) in [5.41, 5.74) is -0.449. The molecule has 1 heterocycles. The van der Waals surface area contributed by atoms with Crippen molar-refractivity contribution in [3.05, 3.63) is 29.6 Å². The molecule has 1 fully saturated rings. The third-order valence-corrected chi connectivity index (χ3v) is 6.28. The summed E-state index contributed by atoms with van der Waals surface area (Å²) in [6.45, 7) is 2.02. The normalized spacial score (nSPS) is 17.2. The van der Waals surface area contributed by atoms with Crippen molar-refractivity contribution < 1.29 is 22.8 Å². The minimum atomic E-state index is -1.64. The third-order valence-electron chi connectivity index (χ3n) is 3.54. The summed E-state index contributed by atoms with van der Waals surface area (Å²) in [5.74, 6) is -2.63. The Labute approximate surface area is 152 Å². The SMILES string of the molecule is CCCN(CC(=O)Nc1ccc(F)c(F)c1F)C(=O)C1CSCCS1. The fourth-order valence-corrected chi connectivity index (χ4v) is 4.99. The molecule has 2 amide bonds. The molecule has 1 N–H and O–H groups in total. The van der Waals surface area contributed by atoms with Crippen molar-refractivity contribution in [2.24, 2.45) is 0 Å². The Morgan fingerprint density at radius 1 is 1.24 bits per heavy atom. The van der Waals surface area contributed by atoms with Gasteiger partial charge in [-0.15, -0.1) is 11.8 Å².